The normalized spacial score (nSPS) is 13.2. The molecule has 0 spiro atoms. The van der Waals surface area contributed by atoms with Gasteiger partial charge in [0, 0.05) is 12.0 Å². The zero-order valence-electron chi connectivity index (χ0n) is 25.8. The van der Waals surface area contributed by atoms with Crippen LogP contribution in [0.2, 0.25) is 0 Å². The molecule has 0 N–H and O–H groups in total. The lowest BCUT2D eigenvalue weighted by atomic mass is 9.85. The molecule has 2 aromatic rings. The van der Waals surface area contributed by atoms with E-state index in [2.05, 4.69) is 0 Å². The molecule has 8 heteroatoms. The topological polar surface area (TPSA) is 105 Å². The van der Waals surface area contributed by atoms with E-state index in [9.17, 15) is 19.2 Å². The average Bonchev–Trinajstić information content (AvgIpc) is 2.94. The van der Waals surface area contributed by atoms with Crippen LogP contribution in [0.15, 0.2) is 54.6 Å². The second kappa shape index (κ2) is 18.0. The first-order valence-electron chi connectivity index (χ1n) is 14.9. The summed E-state index contributed by atoms with van der Waals surface area (Å²) in [5.74, 6) is -3.37. The molecule has 0 bridgehead atoms. The van der Waals surface area contributed by atoms with Gasteiger partial charge < -0.3 is 18.9 Å². The van der Waals surface area contributed by atoms with Crippen LogP contribution >= 0.6 is 0 Å². The van der Waals surface area contributed by atoms with E-state index in [4.69, 9.17) is 18.9 Å². The predicted molar refractivity (Wildman–Crippen MR) is 160 cm³/mol. The summed E-state index contributed by atoms with van der Waals surface area (Å²) >= 11 is 0. The molecule has 42 heavy (non-hydrogen) atoms. The number of carbonyl (C=O) groups is 4. The van der Waals surface area contributed by atoms with E-state index in [1.165, 1.54) is 0 Å². The number of carbonyl (C=O) groups excluding carboxylic acids is 4. The highest BCUT2D eigenvalue weighted by Crippen LogP contribution is 2.30. The van der Waals surface area contributed by atoms with Gasteiger partial charge in [-0.05, 0) is 58.6 Å². The number of esters is 4. The van der Waals surface area contributed by atoms with Crippen LogP contribution < -0.4 is 4.74 Å². The minimum atomic E-state index is -0.819. The molecule has 0 aliphatic carbocycles. The summed E-state index contributed by atoms with van der Waals surface area (Å²) < 4.78 is 21.7. The van der Waals surface area contributed by atoms with Gasteiger partial charge in [0.15, 0.2) is 0 Å². The van der Waals surface area contributed by atoms with Crippen LogP contribution in [-0.4, -0.2) is 42.7 Å². The van der Waals surface area contributed by atoms with Crippen LogP contribution in [0, 0.1) is 17.8 Å². The molecule has 0 saturated heterocycles. The number of ether oxygens (including phenoxy) is 4. The van der Waals surface area contributed by atoms with Crippen LogP contribution in [-0.2, 0) is 33.4 Å². The molecule has 0 fully saturated rings. The Morgan fingerprint density at radius 2 is 1.26 bits per heavy atom. The minimum Gasteiger partial charge on any atom is -0.465 e. The highest BCUT2D eigenvalue weighted by Gasteiger charge is 2.36. The molecule has 230 valence electrons. The Balaban J connectivity index is 1.73. The first-order chi connectivity index (χ1) is 20.0. The third kappa shape index (κ3) is 12.0. The Morgan fingerprint density at radius 3 is 1.93 bits per heavy atom. The fraction of sp³-hybridized carbons (Fsp3) is 0.529. The Labute approximate surface area is 250 Å². The number of hydrogen-bond acceptors (Lipinski definition) is 8. The fourth-order valence-corrected chi connectivity index (χ4v) is 4.43. The molecule has 3 unspecified atom stereocenters. The summed E-state index contributed by atoms with van der Waals surface area (Å²) in [6, 6.07) is 17.3. The molecule has 2 aromatic carbocycles. The molecular weight excluding hydrogens is 536 g/mol. The van der Waals surface area contributed by atoms with Crippen molar-refractivity contribution in [3.8, 4) is 16.9 Å². The zero-order chi connectivity index (χ0) is 31.1. The van der Waals surface area contributed by atoms with Crippen molar-refractivity contribution in [1.29, 1.82) is 0 Å². The Morgan fingerprint density at radius 1 is 0.667 bits per heavy atom. The molecule has 8 nitrogen and oxygen atoms in total. The summed E-state index contributed by atoms with van der Waals surface area (Å²) in [5.41, 5.74) is 1.86. The van der Waals surface area contributed by atoms with Crippen molar-refractivity contribution in [3.05, 3.63) is 54.6 Å². The quantitative estimate of drug-likeness (QED) is 0.0855. The minimum absolute atomic E-state index is 0.119. The lowest BCUT2D eigenvalue weighted by Gasteiger charge is -2.25. The fourth-order valence-electron chi connectivity index (χ4n) is 4.43. The molecule has 0 aliphatic rings. The standard InChI is InChI=1S/C34H46O8/c1-23(2)40-33(37)26(6)29(34(38)41-24(3)4)22-25(5)32(36)39-21-15-8-7-12-20-31(35)42-30-19-14-13-18-28(30)27-16-10-9-11-17-27/h9-11,13-14,16-19,23-26,29H,7-8,12,15,20-22H2,1-6H3. The van der Waals surface area contributed by atoms with E-state index < -0.39 is 35.7 Å². The Kier molecular flexibility index (Phi) is 14.8. The number of unbranched alkanes of at least 4 members (excludes halogenated alkanes) is 3. The lowest BCUT2D eigenvalue weighted by molar-refractivity contribution is -0.166. The van der Waals surface area contributed by atoms with E-state index in [1.807, 2.05) is 48.5 Å². The van der Waals surface area contributed by atoms with Crippen LogP contribution in [0.3, 0.4) is 0 Å². The van der Waals surface area contributed by atoms with E-state index in [0.29, 0.717) is 25.0 Å². The summed E-state index contributed by atoms with van der Waals surface area (Å²) in [4.78, 5) is 50.2. The van der Waals surface area contributed by atoms with Crippen molar-refractivity contribution in [3.63, 3.8) is 0 Å². The highest BCUT2D eigenvalue weighted by atomic mass is 16.6. The van der Waals surface area contributed by atoms with E-state index in [1.54, 1.807) is 47.6 Å². The largest absolute Gasteiger partial charge is 0.465 e. The van der Waals surface area contributed by atoms with Gasteiger partial charge in [0.25, 0.3) is 0 Å². The predicted octanol–water partition coefficient (Wildman–Crippen LogP) is 6.93. The molecule has 2 rings (SSSR count). The SMILES string of the molecule is CC(C)OC(=O)C(C)C(CC(C)C(=O)OCCCCCCC(=O)Oc1ccccc1-c1ccccc1)C(=O)OC(C)C. The zero-order valence-corrected chi connectivity index (χ0v) is 25.8. The second-order valence-corrected chi connectivity index (χ2v) is 11.2. The van der Waals surface area contributed by atoms with Gasteiger partial charge in [0.1, 0.15) is 5.75 Å². The van der Waals surface area contributed by atoms with Crippen molar-refractivity contribution >= 4 is 23.9 Å². The maximum atomic E-state index is 12.7. The summed E-state index contributed by atoms with van der Waals surface area (Å²) in [6.45, 7) is 10.5. The van der Waals surface area contributed by atoms with E-state index in [0.717, 1.165) is 24.0 Å². The van der Waals surface area contributed by atoms with Gasteiger partial charge in [-0.15, -0.1) is 0 Å². The van der Waals surface area contributed by atoms with Gasteiger partial charge in [-0.1, -0.05) is 75.2 Å². The van der Waals surface area contributed by atoms with Crippen molar-refractivity contribution in [2.75, 3.05) is 6.61 Å². The maximum absolute atomic E-state index is 12.7. The number of rotatable bonds is 17. The van der Waals surface area contributed by atoms with E-state index in [-0.39, 0.29) is 31.2 Å². The second-order valence-electron chi connectivity index (χ2n) is 11.2. The van der Waals surface area contributed by atoms with Gasteiger partial charge in [0.05, 0.1) is 36.6 Å². The molecule has 0 aromatic heterocycles. The van der Waals surface area contributed by atoms with Gasteiger partial charge in [-0.2, -0.15) is 0 Å². The van der Waals surface area contributed by atoms with Crippen molar-refractivity contribution in [2.45, 2.75) is 92.3 Å². The van der Waals surface area contributed by atoms with Crippen LogP contribution in [0.25, 0.3) is 11.1 Å². The van der Waals surface area contributed by atoms with Gasteiger partial charge in [-0.25, -0.2) is 0 Å². The number of para-hydroxylation sites is 1. The first kappa shape index (κ1) is 34.5. The third-order valence-corrected chi connectivity index (χ3v) is 6.71. The average molecular weight is 583 g/mol. The van der Waals surface area contributed by atoms with Crippen LogP contribution in [0.1, 0.15) is 80.1 Å². The number of hydrogen-bond donors (Lipinski definition) is 0. The molecular formula is C34H46O8. The van der Waals surface area contributed by atoms with E-state index >= 15 is 0 Å². The molecule has 3 atom stereocenters. The number of benzene rings is 2. The summed E-state index contributed by atoms with van der Waals surface area (Å²) in [7, 11) is 0. The molecule has 0 heterocycles. The maximum Gasteiger partial charge on any atom is 0.311 e. The summed E-state index contributed by atoms with van der Waals surface area (Å²) in [5, 5.41) is 0. The first-order valence-corrected chi connectivity index (χ1v) is 14.9. The van der Waals surface area contributed by atoms with Crippen molar-refractivity contribution in [2.24, 2.45) is 17.8 Å². The Bertz CT molecular complexity index is 1140. The van der Waals surface area contributed by atoms with Crippen molar-refractivity contribution < 1.29 is 38.1 Å². The molecule has 0 amide bonds. The molecule has 0 radical (unpaired) electrons. The molecule has 0 saturated carbocycles. The molecule has 0 aliphatic heterocycles. The highest BCUT2D eigenvalue weighted by molar-refractivity contribution is 5.83. The van der Waals surface area contributed by atoms with Crippen LogP contribution in [0.5, 0.6) is 5.75 Å². The van der Waals surface area contributed by atoms with Gasteiger partial charge in [-0.3, -0.25) is 19.2 Å². The monoisotopic (exact) mass is 582 g/mol. The van der Waals surface area contributed by atoms with Crippen molar-refractivity contribution in [1.82, 2.24) is 0 Å². The lowest BCUT2D eigenvalue weighted by Crippen LogP contribution is -2.35. The third-order valence-electron chi connectivity index (χ3n) is 6.71. The summed E-state index contributed by atoms with van der Waals surface area (Å²) in [6.07, 6.45) is 2.66. The Hall–Kier alpha value is -3.68. The van der Waals surface area contributed by atoms with Gasteiger partial charge in [0.2, 0.25) is 0 Å². The van der Waals surface area contributed by atoms with Crippen LogP contribution in [0.4, 0.5) is 0 Å². The van der Waals surface area contributed by atoms with Gasteiger partial charge >= 0.3 is 23.9 Å². The smallest absolute Gasteiger partial charge is 0.311 e.